The fraction of sp³-hybridized carbons (Fsp3) is 0.318. The minimum Gasteiger partial charge on any atom is -0.497 e. The second-order valence-corrected chi connectivity index (χ2v) is 6.91. The molecule has 0 unspecified atom stereocenters. The van der Waals surface area contributed by atoms with Crippen molar-refractivity contribution in [1.82, 2.24) is 9.80 Å². The van der Waals surface area contributed by atoms with Crippen LogP contribution in [0.15, 0.2) is 48.5 Å². The SMILES string of the molecule is COc1ccc(CCC(=O)N2CCN(C(=O)c3cccc(C(=O)O)c3)CC2)cc1. The minimum atomic E-state index is -1.06. The Morgan fingerprint density at radius 1 is 0.931 bits per heavy atom. The quantitative estimate of drug-likeness (QED) is 0.810. The van der Waals surface area contributed by atoms with Gasteiger partial charge in [0.1, 0.15) is 5.75 Å². The molecule has 1 N–H and O–H groups in total. The van der Waals surface area contributed by atoms with E-state index < -0.39 is 5.97 Å². The molecule has 0 radical (unpaired) electrons. The number of hydrogen-bond acceptors (Lipinski definition) is 4. The molecule has 2 aromatic carbocycles. The molecule has 1 heterocycles. The number of carbonyl (C=O) groups is 3. The predicted molar refractivity (Wildman–Crippen MR) is 107 cm³/mol. The van der Waals surface area contributed by atoms with Gasteiger partial charge in [-0.05, 0) is 42.3 Å². The van der Waals surface area contributed by atoms with Gasteiger partial charge in [0.15, 0.2) is 0 Å². The van der Waals surface area contributed by atoms with Gasteiger partial charge in [0.25, 0.3) is 5.91 Å². The standard InChI is InChI=1S/C22H24N2O5/c1-29-19-8-5-16(6-9-19)7-10-20(25)23-11-13-24(14-12-23)21(26)17-3-2-4-18(15-17)22(27)28/h2-6,8-9,15H,7,10-14H2,1H3,(H,27,28). The lowest BCUT2D eigenvalue weighted by Gasteiger charge is -2.35. The highest BCUT2D eigenvalue weighted by molar-refractivity contribution is 5.97. The van der Waals surface area contributed by atoms with Crippen LogP contribution in [0.25, 0.3) is 0 Å². The van der Waals surface area contributed by atoms with Crippen LogP contribution in [0.2, 0.25) is 0 Å². The fourth-order valence-electron chi connectivity index (χ4n) is 3.33. The first-order chi connectivity index (χ1) is 14.0. The molecule has 3 rings (SSSR count). The van der Waals surface area contributed by atoms with Crippen LogP contribution in [0.5, 0.6) is 5.75 Å². The van der Waals surface area contributed by atoms with Crippen LogP contribution in [-0.2, 0) is 11.2 Å². The van der Waals surface area contributed by atoms with Crippen molar-refractivity contribution in [3.63, 3.8) is 0 Å². The Morgan fingerprint density at radius 2 is 1.55 bits per heavy atom. The van der Waals surface area contributed by atoms with E-state index in [1.54, 1.807) is 29.0 Å². The predicted octanol–water partition coefficient (Wildman–Crippen LogP) is 2.31. The number of aryl methyl sites for hydroxylation is 1. The number of methoxy groups -OCH3 is 1. The summed E-state index contributed by atoms with van der Waals surface area (Å²) in [6, 6.07) is 13.7. The Hall–Kier alpha value is -3.35. The van der Waals surface area contributed by atoms with E-state index in [1.165, 1.54) is 12.1 Å². The molecular formula is C22H24N2O5. The summed E-state index contributed by atoms with van der Waals surface area (Å²) in [5, 5.41) is 9.08. The summed E-state index contributed by atoms with van der Waals surface area (Å²) in [6.45, 7) is 1.83. The van der Waals surface area contributed by atoms with E-state index in [1.807, 2.05) is 24.3 Å². The van der Waals surface area contributed by atoms with E-state index in [0.717, 1.165) is 11.3 Å². The highest BCUT2D eigenvalue weighted by atomic mass is 16.5. The zero-order chi connectivity index (χ0) is 20.8. The van der Waals surface area contributed by atoms with Crippen molar-refractivity contribution in [2.24, 2.45) is 0 Å². The van der Waals surface area contributed by atoms with Crippen molar-refractivity contribution < 1.29 is 24.2 Å². The molecule has 1 saturated heterocycles. The van der Waals surface area contributed by atoms with Crippen molar-refractivity contribution in [2.75, 3.05) is 33.3 Å². The first kappa shape index (κ1) is 20.4. The van der Waals surface area contributed by atoms with Crippen LogP contribution in [0, 0.1) is 0 Å². The molecule has 2 amide bonds. The summed E-state index contributed by atoms with van der Waals surface area (Å²) in [6.07, 6.45) is 1.07. The highest BCUT2D eigenvalue weighted by Gasteiger charge is 2.25. The molecule has 1 fully saturated rings. The number of ether oxygens (including phenoxy) is 1. The van der Waals surface area contributed by atoms with Gasteiger partial charge >= 0.3 is 5.97 Å². The van der Waals surface area contributed by atoms with Crippen LogP contribution in [-0.4, -0.2) is 66.0 Å². The molecule has 29 heavy (non-hydrogen) atoms. The van der Waals surface area contributed by atoms with Gasteiger partial charge in [-0.3, -0.25) is 9.59 Å². The molecule has 7 heteroatoms. The van der Waals surface area contributed by atoms with Crippen LogP contribution >= 0.6 is 0 Å². The average Bonchev–Trinajstić information content (AvgIpc) is 2.77. The molecule has 0 bridgehead atoms. The van der Waals surface area contributed by atoms with Gasteiger partial charge in [0, 0.05) is 38.2 Å². The number of rotatable bonds is 6. The van der Waals surface area contributed by atoms with Crippen molar-refractivity contribution in [2.45, 2.75) is 12.8 Å². The fourth-order valence-corrected chi connectivity index (χ4v) is 3.33. The van der Waals surface area contributed by atoms with E-state index in [-0.39, 0.29) is 17.4 Å². The molecule has 7 nitrogen and oxygen atoms in total. The molecule has 0 spiro atoms. The van der Waals surface area contributed by atoms with E-state index >= 15 is 0 Å². The Balaban J connectivity index is 1.50. The third-order valence-electron chi connectivity index (χ3n) is 5.06. The lowest BCUT2D eigenvalue weighted by atomic mass is 10.1. The maximum Gasteiger partial charge on any atom is 0.335 e. The molecule has 0 atom stereocenters. The summed E-state index contributed by atoms with van der Waals surface area (Å²) in [4.78, 5) is 39.7. The first-order valence-corrected chi connectivity index (χ1v) is 9.51. The third kappa shape index (κ3) is 5.13. The van der Waals surface area contributed by atoms with Gasteiger partial charge in [-0.15, -0.1) is 0 Å². The normalized spacial score (nSPS) is 13.8. The Kier molecular flexibility index (Phi) is 6.49. The Bertz CT molecular complexity index is 886. The van der Waals surface area contributed by atoms with Gasteiger partial charge in [-0.2, -0.15) is 0 Å². The lowest BCUT2D eigenvalue weighted by molar-refractivity contribution is -0.132. The number of piperazine rings is 1. The van der Waals surface area contributed by atoms with E-state index in [2.05, 4.69) is 0 Å². The molecule has 1 aliphatic rings. The number of carboxylic acid groups (broad SMARTS) is 1. The van der Waals surface area contributed by atoms with Crippen molar-refractivity contribution >= 4 is 17.8 Å². The number of aromatic carboxylic acids is 1. The van der Waals surface area contributed by atoms with Gasteiger partial charge in [-0.1, -0.05) is 18.2 Å². The monoisotopic (exact) mass is 396 g/mol. The molecule has 152 valence electrons. The number of carboxylic acids is 1. The highest BCUT2D eigenvalue weighted by Crippen LogP contribution is 2.15. The average molecular weight is 396 g/mol. The van der Waals surface area contributed by atoms with Crippen molar-refractivity contribution in [1.29, 1.82) is 0 Å². The van der Waals surface area contributed by atoms with Crippen LogP contribution in [0.4, 0.5) is 0 Å². The number of carbonyl (C=O) groups excluding carboxylic acids is 2. The molecular weight excluding hydrogens is 372 g/mol. The first-order valence-electron chi connectivity index (χ1n) is 9.51. The summed E-state index contributed by atoms with van der Waals surface area (Å²) >= 11 is 0. The van der Waals surface area contributed by atoms with E-state index in [4.69, 9.17) is 9.84 Å². The van der Waals surface area contributed by atoms with Gasteiger partial charge < -0.3 is 19.6 Å². The Morgan fingerprint density at radius 3 is 2.17 bits per heavy atom. The largest absolute Gasteiger partial charge is 0.497 e. The van der Waals surface area contributed by atoms with Gasteiger partial charge in [0.2, 0.25) is 5.91 Å². The molecule has 0 saturated carbocycles. The van der Waals surface area contributed by atoms with Gasteiger partial charge in [-0.25, -0.2) is 4.79 Å². The number of hydrogen-bond donors (Lipinski definition) is 1. The molecule has 2 aromatic rings. The number of benzene rings is 2. The number of amides is 2. The van der Waals surface area contributed by atoms with Crippen LogP contribution < -0.4 is 4.74 Å². The topological polar surface area (TPSA) is 87.2 Å². The second-order valence-electron chi connectivity index (χ2n) is 6.91. The molecule has 1 aliphatic heterocycles. The molecule has 0 aliphatic carbocycles. The van der Waals surface area contributed by atoms with E-state index in [0.29, 0.717) is 44.6 Å². The summed E-state index contributed by atoms with van der Waals surface area (Å²) in [5.41, 5.74) is 1.51. The zero-order valence-electron chi connectivity index (χ0n) is 16.3. The van der Waals surface area contributed by atoms with E-state index in [9.17, 15) is 14.4 Å². The van der Waals surface area contributed by atoms with Gasteiger partial charge in [0.05, 0.1) is 12.7 Å². The minimum absolute atomic E-state index is 0.0702. The zero-order valence-corrected chi connectivity index (χ0v) is 16.3. The molecule has 0 aromatic heterocycles. The maximum absolute atomic E-state index is 12.6. The third-order valence-corrected chi connectivity index (χ3v) is 5.06. The van der Waals surface area contributed by atoms with Crippen molar-refractivity contribution in [3.8, 4) is 5.75 Å². The summed E-state index contributed by atoms with van der Waals surface area (Å²) < 4.78 is 5.13. The van der Waals surface area contributed by atoms with Crippen LogP contribution in [0.1, 0.15) is 32.7 Å². The summed E-state index contributed by atoms with van der Waals surface area (Å²) in [7, 11) is 1.62. The number of nitrogens with zero attached hydrogens (tertiary/aromatic N) is 2. The summed E-state index contributed by atoms with van der Waals surface area (Å²) in [5.74, 6) is -0.416. The van der Waals surface area contributed by atoms with Crippen LogP contribution in [0.3, 0.4) is 0 Å². The second kappa shape index (κ2) is 9.23. The maximum atomic E-state index is 12.6. The van der Waals surface area contributed by atoms with Crippen molar-refractivity contribution in [3.05, 3.63) is 65.2 Å². The lowest BCUT2D eigenvalue weighted by Crippen LogP contribution is -2.50. The smallest absolute Gasteiger partial charge is 0.335 e. The Labute approximate surface area is 169 Å².